The third kappa shape index (κ3) is 2.73. The van der Waals surface area contributed by atoms with Crippen molar-refractivity contribution in [3.8, 4) is 28.7 Å². The lowest BCUT2D eigenvalue weighted by molar-refractivity contribution is 0.0197. The van der Waals surface area contributed by atoms with E-state index >= 15 is 0 Å². The Bertz CT molecular complexity index is 727. The monoisotopic (exact) mass is 318 g/mol. The molecule has 1 heterocycles. The van der Waals surface area contributed by atoms with Crippen molar-refractivity contribution in [1.29, 1.82) is 0 Å². The Balaban J connectivity index is 2.00. The lowest BCUT2D eigenvalue weighted by Gasteiger charge is -2.32. The molecule has 2 aromatic carbocycles. The molecule has 1 aliphatic rings. The molecule has 0 bridgehead atoms. The van der Waals surface area contributed by atoms with Crippen molar-refractivity contribution in [2.75, 3.05) is 14.2 Å². The molecule has 6 heteroatoms. The number of ether oxygens (including phenoxy) is 3. The molecule has 0 amide bonds. The lowest BCUT2D eigenvalue weighted by atomic mass is 9.94. The number of benzene rings is 2. The molecule has 1 aliphatic heterocycles. The molecule has 0 saturated carbocycles. The van der Waals surface area contributed by atoms with Gasteiger partial charge >= 0.3 is 0 Å². The van der Waals surface area contributed by atoms with E-state index in [4.69, 9.17) is 14.2 Å². The van der Waals surface area contributed by atoms with Gasteiger partial charge in [0.1, 0.15) is 23.4 Å². The van der Waals surface area contributed by atoms with Crippen molar-refractivity contribution in [3.05, 3.63) is 41.5 Å². The number of phenolic OH excluding ortho intramolecular Hbond substituents is 2. The second kappa shape index (κ2) is 5.89. The van der Waals surface area contributed by atoms with Crippen LogP contribution in [0.15, 0.2) is 30.3 Å². The molecular weight excluding hydrogens is 300 g/mol. The molecule has 2 atom stereocenters. The molecule has 0 saturated heterocycles. The molecule has 23 heavy (non-hydrogen) atoms. The van der Waals surface area contributed by atoms with Gasteiger partial charge in [-0.1, -0.05) is 6.07 Å². The second-order valence-electron chi connectivity index (χ2n) is 5.36. The molecule has 0 spiro atoms. The summed E-state index contributed by atoms with van der Waals surface area (Å²) in [4.78, 5) is 0. The molecule has 3 N–H and O–H groups in total. The molecule has 2 unspecified atom stereocenters. The van der Waals surface area contributed by atoms with Crippen molar-refractivity contribution in [2.45, 2.75) is 18.6 Å². The van der Waals surface area contributed by atoms with Crippen LogP contribution < -0.4 is 14.2 Å². The fourth-order valence-electron chi connectivity index (χ4n) is 2.74. The van der Waals surface area contributed by atoms with E-state index in [0.29, 0.717) is 29.2 Å². The minimum Gasteiger partial charge on any atom is -0.504 e. The zero-order valence-corrected chi connectivity index (χ0v) is 12.8. The zero-order valence-electron chi connectivity index (χ0n) is 12.8. The van der Waals surface area contributed by atoms with Gasteiger partial charge in [0.05, 0.1) is 20.3 Å². The van der Waals surface area contributed by atoms with Crippen LogP contribution in [0.3, 0.4) is 0 Å². The molecule has 0 aromatic heterocycles. The summed E-state index contributed by atoms with van der Waals surface area (Å²) in [6, 6.07) is 7.82. The van der Waals surface area contributed by atoms with E-state index in [2.05, 4.69) is 0 Å². The van der Waals surface area contributed by atoms with Gasteiger partial charge < -0.3 is 29.5 Å². The van der Waals surface area contributed by atoms with Crippen LogP contribution in [0.1, 0.15) is 17.2 Å². The molecule has 122 valence electrons. The Morgan fingerprint density at radius 3 is 2.48 bits per heavy atom. The van der Waals surface area contributed by atoms with Gasteiger partial charge in [-0.3, -0.25) is 0 Å². The number of aliphatic hydroxyl groups is 1. The minimum absolute atomic E-state index is 0.220. The van der Waals surface area contributed by atoms with Crippen LogP contribution in [0.4, 0.5) is 0 Å². The Morgan fingerprint density at radius 2 is 1.83 bits per heavy atom. The summed E-state index contributed by atoms with van der Waals surface area (Å²) >= 11 is 0. The van der Waals surface area contributed by atoms with Gasteiger partial charge in [-0.05, 0) is 17.7 Å². The van der Waals surface area contributed by atoms with Gasteiger partial charge in [-0.15, -0.1) is 0 Å². The maximum Gasteiger partial charge on any atom is 0.157 e. The maximum atomic E-state index is 10.4. The second-order valence-corrected chi connectivity index (χ2v) is 5.36. The van der Waals surface area contributed by atoms with Crippen molar-refractivity contribution < 1.29 is 29.5 Å². The number of fused-ring (bicyclic) bond motifs is 1. The molecular formula is C17H18O6. The Hall–Kier alpha value is -2.60. The standard InChI is InChI=1S/C17H18O6/c1-21-10-6-15(22-2)11-8-14(20)17(23-16(11)7-10)9-3-4-12(18)13(19)5-9/h3-7,14,17-20H,8H2,1-2H3. The van der Waals surface area contributed by atoms with Crippen molar-refractivity contribution >= 4 is 0 Å². The van der Waals surface area contributed by atoms with E-state index in [0.717, 1.165) is 5.56 Å². The van der Waals surface area contributed by atoms with Crippen LogP contribution >= 0.6 is 0 Å². The zero-order chi connectivity index (χ0) is 16.6. The van der Waals surface area contributed by atoms with Gasteiger partial charge in [-0.25, -0.2) is 0 Å². The van der Waals surface area contributed by atoms with Gasteiger partial charge in [-0.2, -0.15) is 0 Å². The van der Waals surface area contributed by atoms with E-state index in [-0.39, 0.29) is 11.5 Å². The van der Waals surface area contributed by atoms with Crippen molar-refractivity contribution in [2.24, 2.45) is 0 Å². The first-order valence-corrected chi connectivity index (χ1v) is 7.15. The summed E-state index contributed by atoms with van der Waals surface area (Å²) < 4.78 is 16.5. The first kappa shape index (κ1) is 15.3. The van der Waals surface area contributed by atoms with Crippen molar-refractivity contribution in [3.63, 3.8) is 0 Å². The summed E-state index contributed by atoms with van der Waals surface area (Å²) in [5.41, 5.74) is 1.33. The van der Waals surface area contributed by atoms with Crippen LogP contribution in [-0.4, -0.2) is 35.6 Å². The predicted molar refractivity (Wildman–Crippen MR) is 82.4 cm³/mol. The van der Waals surface area contributed by atoms with E-state index in [1.165, 1.54) is 12.1 Å². The fourth-order valence-corrected chi connectivity index (χ4v) is 2.74. The Kier molecular flexibility index (Phi) is 3.92. The number of aliphatic hydroxyl groups excluding tert-OH is 1. The maximum absolute atomic E-state index is 10.4. The number of methoxy groups -OCH3 is 2. The van der Waals surface area contributed by atoms with Crippen LogP contribution in [-0.2, 0) is 6.42 Å². The van der Waals surface area contributed by atoms with Crippen LogP contribution in [0.2, 0.25) is 0 Å². The van der Waals surface area contributed by atoms with Crippen LogP contribution in [0, 0.1) is 0 Å². The van der Waals surface area contributed by atoms with Gasteiger partial charge in [0.2, 0.25) is 0 Å². The summed E-state index contributed by atoms with van der Waals surface area (Å²) in [6.45, 7) is 0. The van der Waals surface area contributed by atoms with Gasteiger partial charge in [0, 0.05) is 24.1 Å². The van der Waals surface area contributed by atoms with E-state index in [1.807, 2.05) is 0 Å². The average Bonchev–Trinajstić information content (AvgIpc) is 2.56. The first-order chi connectivity index (χ1) is 11.0. The minimum atomic E-state index is -0.811. The highest BCUT2D eigenvalue weighted by Crippen LogP contribution is 2.43. The summed E-state index contributed by atoms with van der Waals surface area (Å²) in [6.07, 6.45) is -1.13. The lowest BCUT2D eigenvalue weighted by Crippen LogP contribution is -2.30. The number of phenols is 2. The molecule has 0 aliphatic carbocycles. The fraction of sp³-hybridized carbons (Fsp3) is 0.294. The van der Waals surface area contributed by atoms with Gasteiger partial charge in [0.15, 0.2) is 11.5 Å². The van der Waals surface area contributed by atoms with E-state index in [9.17, 15) is 15.3 Å². The van der Waals surface area contributed by atoms with Crippen LogP contribution in [0.5, 0.6) is 28.7 Å². The van der Waals surface area contributed by atoms with Crippen LogP contribution in [0.25, 0.3) is 0 Å². The number of hydrogen-bond donors (Lipinski definition) is 3. The molecule has 0 fully saturated rings. The predicted octanol–water partition coefficient (Wildman–Crippen LogP) is 2.15. The van der Waals surface area contributed by atoms with Gasteiger partial charge in [0.25, 0.3) is 0 Å². The largest absolute Gasteiger partial charge is 0.504 e. The highest BCUT2D eigenvalue weighted by molar-refractivity contribution is 5.53. The topological polar surface area (TPSA) is 88.4 Å². The Morgan fingerprint density at radius 1 is 1.04 bits per heavy atom. The SMILES string of the molecule is COc1cc(OC)c2c(c1)OC(c1ccc(O)c(O)c1)C(O)C2. The smallest absolute Gasteiger partial charge is 0.157 e. The average molecular weight is 318 g/mol. The number of rotatable bonds is 3. The molecule has 0 radical (unpaired) electrons. The molecule has 3 rings (SSSR count). The van der Waals surface area contributed by atoms with E-state index < -0.39 is 12.2 Å². The summed E-state index contributed by atoms with van der Waals surface area (Å²) in [5, 5.41) is 29.5. The number of aromatic hydroxyl groups is 2. The summed E-state index contributed by atoms with van der Waals surface area (Å²) in [5.74, 6) is 1.26. The summed E-state index contributed by atoms with van der Waals surface area (Å²) in [7, 11) is 3.10. The molecule has 6 nitrogen and oxygen atoms in total. The highest BCUT2D eigenvalue weighted by atomic mass is 16.5. The number of hydrogen-bond acceptors (Lipinski definition) is 6. The van der Waals surface area contributed by atoms with Crippen molar-refractivity contribution in [1.82, 2.24) is 0 Å². The van der Waals surface area contributed by atoms with E-state index in [1.54, 1.807) is 32.4 Å². The Labute approximate surface area is 133 Å². The third-order valence-corrected chi connectivity index (χ3v) is 3.94. The first-order valence-electron chi connectivity index (χ1n) is 7.15. The molecule has 2 aromatic rings. The normalized spacial score (nSPS) is 19.6. The highest BCUT2D eigenvalue weighted by Gasteiger charge is 2.32. The third-order valence-electron chi connectivity index (χ3n) is 3.94. The quantitative estimate of drug-likeness (QED) is 0.752.